The van der Waals surface area contributed by atoms with Crippen LogP contribution in [0.4, 0.5) is 5.69 Å². The second-order valence-corrected chi connectivity index (χ2v) is 4.68. The summed E-state index contributed by atoms with van der Waals surface area (Å²) in [4.78, 5) is 2.48. The van der Waals surface area contributed by atoms with Crippen molar-refractivity contribution in [3.63, 3.8) is 0 Å². The van der Waals surface area contributed by atoms with Crippen LogP contribution in [0.1, 0.15) is 5.56 Å². The van der Waals surface area contributed by atoms with Gasteiger partial charge in [0, 0.05) is 37.3 Å². The summed E-state index contributed by atoms with van der Waals surface area (Å²) in [6.45, 7) is 6.56. The van der Waals surface area contributed by atoms with Crippen LogP contribution in [0.2, 0.25) is 0 Å². The lowest BCUT2D eigenvalue weighted by molar-refractivity contribution is 0.590. The lowest BCUT2D eigenvalue weighted by atomic mass is 10.0. The van der Waals surface area contributed by atoms with Crippen molar-refractivity contribution in [1.82, 2.24) is 5.32 Å². The normalized spacial score (nSPS) is 16.4. The first-order chi connectivity index (χ1) is 8.36. The van der Waals surface area contributed by atoms with E-state index in [2.05, 4.69) is 53.5 Å². The third-order valence-electron chi connectivity index (χ3n) is 3.58. The Balaban J connectivity index is 2.12. The van der Waals surface area contributed by atoms with Crippen LogP contribution in [0.3, 0.4) is 0 Å². The van der Waals surface area contributed by atoms with Crippen LogP contribution >= 0.6 is 0 Å². The predicted molar refractivity (Wildman–Crippen MR) is 73.8 cm³/mol. The van der Waals surface area contributed by atoms with Crippen molar-refractivity contribution in [3.8, 4) is 0 Å². The van der Waals surface area contributed by atoms with Crippen molar-refractivity contribution in [2.75, 3.05) is 31.1 Å². The summed E-state index contributed by atoms with van der Waals surface area (Å²) in [5.41, 5.74) is 2.74. The number of hydrogen-bond acceptors (Lipinski definition) is 2. The summed E-state index contributed by atoms with van der Waals surface area (Å²) >= 11 is 0. The number of piperazine rings is 1. The standard InChI is InChI=1S/C15H18N2/c1-12-6-7-15(17-10-8-16-9-11-17)14-5-3-2-4-13(12)14/h2-7,16H,8-11H2,1H3. The van der Waals surface area contributed by atoms with E-state index in [0.29, 0.717) is 0 Å². The van der Waals surface area contributed by atoms with Crippen LogP contribution in [-0.2, 0) is 0 Å². The Kier molecular flexibility index (Phi) is 2.73. The Morgan fingerprint density at radius 1 is 0.941 bits per heavy atom. The maximum Gasteiger partial charge on any atom is 0.0446 e. The van der Waals surface area contributed by atoms with Crippen molar-refractivity contribution >= 4 is 16.5 Å². The Morgan fingerprint density at radius 2 is 1.65 bits per heavy atom. The molecule has 0 unspecified atom stereocenters. The maximum atomic E-state index is 3.40. The summed E-state index contributed by atoms with van der Waals surface area (Å²) in [6.07, 6.45) is 0. The zero-order chi connectivity index (χ0) is 11.7. The average molecular weight is 226 g/mol. The first kappa shape index (κ1) is 10.6. The number of rotatable bonds is 1. The van der Waals surface area contributed by atoms with Crippen molar-refractivity contribution < 1.29 is 0 Å². The molecule has 2 aromatic carbocycles. The van der Waals surface area contributed by atoms with E-state index in [1.807, 2.05) is 0 Å². The van der Waals surface area contributed by atoms with Crippen LogP contribution in [-0.4, -0.2) is 26.2 Å². The quantitative estimate of drug-likeness (QED) is 0.804. The minimum absolute atomic E-state index is 1.09. The smallest absolute Gasteiger partial charge is 0.0446 e. The van der Waals surface area contributed by atoms with Gasteiger partial charge in [-0.3, -0.25) is 0 Å². The monoisotopic (exact) mass is 226 g/mol. The lowest BCUT2D eigenvalue weighted by Crippen LogP contribution is -2.43. The van der Waals surface area contributed by atoms with Gasteiger partial charge in [-0.15, -0.1) is 0 Å². The van der Waals surface area contributed by atoms with Crippen molar-refractivity contribution in [3.05, 3.63) is 42.0 Å². The third-order valence-corrected chi connectivity index (χ3v) is 3.58. The average Bonchev–Trinajstić information content (AvgIpc) is 2.41. The second kappa shape index (κ2) is 4.38. The number of fused-ring (bicyclic) bond motifs is 1. The Bertz CT molecular complexity index is 527. The molecular formula is C15H18N2. The fourth-order valence-electron chi connectivity index (χ4n) is 2.62. The van der Waals surface area contributed by atoms with Crippen LogP contribution < -0.4 is 10.2 Å². The molecule has 1 aliphatic heterocycles. The molecule has 1 N–H and O–H groups in total. The molecule has 1 aliphatic rings. The molecule has 17 heavy (non-hydrogen) atoms. The van der Waals surface area contributed by atoms with Crippen LogP contribution in [0.25, 0.3) is 10.8 Å². The van der Waals surface area contributed by atoms with Gasteiger partial charge in [0.25, 0.3) is 0 Å². The first-order valence-corrected chi connectivity index (χ1v) is 6.30. The van der Waals surface area contributed by atoms with Crippen molar-refractivity contribution in [2.24, 2.45) is 0 Å². The predicted octanol–water partition coefficient (Wildman–Crippen LogP) is 2.56. The highest BCUT2D eigenvalue weighted by Crippen LogP contribution is 2.29. The van der Waals surface area contributed by atoms with E-state index < -0.39 is 0 Å². The zero-order valence-corrected chi connectivity index (χ0v) is 10.2. The SMILES string of the molecule is Cc1ccc(N2CCNCC2)c2ccccc12. The van der Waals surface area contributed by atoms with E-state index in [-0.39, 0.29) is 0 Å². The van der Waals surface area contributed by atoms with Crippen LogP contribution in [0.5, 0.6) is 0 Å². The first-order valence-electron chi connectivity index (χ1n) is 6.30. The molecule has 2 aromatic rings. The van der Waals surface area contributed by atoms with Crippen molar-refractivity contribution in [1.29, 1.82) is 0 Å². The molecule has 0 spiro atoms. The Labute approximate surface area is 102 Å². The summed E-state index contributed by atoms with van der Waals surface area (Å²) < 4.78 is 0. The molecule has 2 nitrogen and oxygen atoms in total. The number of aryl methyl sites for hydroxylation is 1. The largest absolute Gasteiger partial charge is 0.368 e. The minimum atomic E-state index is 1.09. The van der Waals surface area contributed by atoms with Gasteiger partial charge in [0.2, 0.25) is 0 Å². The van der Waals surface area contributed by atoms with Gasteiger partial charge in [-0.2, -0.15) is 0 Å². The number of benzene rings is 2. The third kappa shape index (κ3) is 1.89. The summed E-state index contributed by atoms with van der Waals surface area (Å²) in [7, 11) is 0. The van der Waals surface area contributed by atoms with Gasteiger partial charge in [0.15, 0.2) is 0 Å². The molecule has 0 radical (unpaired) electrons. The van der Waals surface area contributed by atoms with Crippen LogP contribution in [0, 0.1) is 6.92 Å². The fraction of sp³-hybridized carbons (Fsp3) is 0.333. The van der Waals surface area contributed by atoms with E-state index in [1.54, 1.807) is 0 Å². The molecule has 88 valence electrons. The molecule has 1 heterocycles. The molecule has 0 bridgehead atoms. The molecule has 0 atom stereocenters. The molecule has 3 rings (SSSR count). The second-order valence-electron chi connectivity index (χ2n) is 4.68. The highest BCUT2D eigenvalue weighted by Gasteiger charge is 2.13. The number of nitrogens with zero attached hydrogens (tertiary/aromatic N) is 1. The van der Waals surface area contributed by atoms with Crippen LogP contribution in [0.15, 0.2) is 36.4 Å². The molecule has 0 aliphatic carbocycles. The molecule has 1 fully saturated rings. The van der Waals surface area contributed by atoms with Crippen molar-refractivity contribution in [2.45, 2.75) is 6.92 Å². The molecule has 0 saturated carbocycles. The molecule has 0 aromatic heterocycles. The molecule has 2 heteroatoms. The van der Waals surface area contributed by atoms with E-state index >= 15 is 0 Å². The molecule has 1 saturated heterocycles. The number of anilines is 1. The van der Waals surface area contributed by atoms with E-state index in [4.69, 9.17) is 0 Å². The maximum absolute atomic E-state index is 3.40. The van der Waals surface area contributed by atoms with Gasteiger partial charge in [0.1, 0.15) is 0 Å². The summed E-state index contributed by atoms with van der Waals surface area (Å²) in [5.74, 6) is 0. The summed E-state index contributed by atoms with van der Waals surface area (Å²) in [5, 5.41) is 6.16. The van der Waals surface area contributed by atoms with Gasteiger partial charge in [-0.05, 0) is 23.9 Å². The fourth-order valence-corrected chi connectivity index (χ4v) is 2.62. The highest BCUT2D eigenvalue weighted by atomic mass is 15.2. The zero-order valence-electron chi connectivity index (χ0n) is 10.2. The van der Waals surface area contributed by atoms with Gasteiger partial charge in [-0.25, -0.2) is 0 Å². The minimum Gasteiger partial charge on any atom is -0.368 e. The lowest BCUT2D eigenvalue weighted by Gasteiger charge is -2.30. The molecule has 0 amide bonds. The van der Waals surface area contributed by atoms with E-state index in [1.165, 1.54) is 22.0 Å². The highest BCUT2D eigenvalue weighted by molar-refractivity contribution is 5.96. The van der Waals surface area contributed by atoms with Gasteiger partial charge < -0.3 is 10.2 Å². The van der Waals surface area contributed by atoms with Gasteiger partial charge in [-0.1, -0.05) is 30.3 Å². The topological polar surface area (TPSA) is 15.3 Å². The van der Waals surface area contributed by atoms with E-state index in [0.717, 1.165) is 26.2 Å². The Hall–Kier alpha value is -1.54. The summed E-state index contributed by atoms with van der Waals surface area (Å²) in [6, 6.07) is 13.2. The van der Waals surface area contributed by atoms with Gasteiger partial charge in [0.05, 0.1) is 0 Å². The Morgan fingerprint density at radius 3 is 2.41 bits per heavy atom. The van der Waals surface area contributed by atoms with Gasteiger partial charge >= 0.3 is 0 Å². The van der Waals surface area contributed by atoms with E-state index in [9.17, 15) is 0 Å². The molecular weight excluding hydrogens is 208 g/mol. The number of nitrogens with one attached hydrogen (secondary N) is 1. The number of hydrogen-bond donors (Lipinski definition) is 1.